The third-order valence-electron chi connectivity index (χ3n) is 6.38. The van der Waals surface area contributed by atoms with Gasteiger partial charge in [0.05, 0.1) is 21.5 Å². The van der Waals surface area contributed by atoms with Gasteiger partial charge in [-0.1, -0.05) is 59.2 Å². The molecule has 0 aliphatic carbocycles. The summed E-state index contributed by atoms with van der Waals surface area (Å²) in [6, 6.07) is 13.4. The average Bonchev–Trinajstić information content (AvgIpc) is 3.04. The molecule has 0 bridgehead atoms. The largest absolute Gasteiger partial charge is 0.485 e. The number of halogens is 2. The van der Waals surface area contributed by atoms with Crippen LogP contribution in [0.25, 0.3) is 0 Å². The summed E-state index contributed by atoms with van der Waals surface area (Å²) < 4.78 is 6.32. The molecule has 2 saturated heterocycles. The zero-order chi connectivity index (χ0) is 21.6. The molecule has 5 rings (SSSR count). The van der Waals surface area contributed by atoms with E-state index < -0.39 is 0 Å². The van der Waals surface area contributed by atoms with E-state index in [1.807, 2.05) is 36.4 Å². The fraction of sp³-hybridized carbons (Fsp3) is 0.409. The number of hydrogen-bond acceptors (Lipinski definition) is 6. The Morgan fingerprint density at radius 1 is 1.13 bits per heavy atom. The van der Waals surface area contributed by atoms with Crippen LogP contribution < -0.4 is 21.1 Å². The van der Waals surface area contributed by atoms with Crippen LogP contribution in [0.3, 0.4) is 0 Å². The van der Waals surface area contributed by atoms with Crippen molar-refractivity contribution in [2.24, 2.45) is 5.73 Å². The molecule has 0 radical (unpaired) electrons. The first kappa shape index (κ1) is 21.4. The number of benzene rings is 2. The Kier molecular flexibility index (Phi) is 5.83. The highest BCUT2D eigenvalue weighted by Gasteiger charge is 2.49. The number of thioether (sulfide) groups is 1. The van der Waals surface area contributed by atoms with Crippen molar-refractivity contribution in [2.45, 2.75) is 40.9 Å². The van der Waals surface area contributed by atoms with Crippen molar-refractivity contribution in [2.75, 3.05) is 19.6 Å². The predicted octanol–water partition coefficient (Wildman–Crippen LogP) is 3.38. The molecule has 31 heavy (non-hydrogen) atoms. The number of piperidine rings is 1. The lowest BCUT2D eigenvalue weighted by Crippen LogP contribution is -2.66. The summed E-state index contributed by atoms with van der Waals surface area (Å²) >= 11 is 13.9. The molecule has 9 heteroatoms. The Bertz CT molecular complexity index is 999. The quantitative estimate of drug-likeness (QED) is 0.627. The highest BCUT2D eigenvalue weighted by atomic mass is 35.5. The fourth-order valence-corrected chi connectivity index (χ4v) is 6.19. The third-order valence-corrected chi connectivity index (χ3v) is 8.47. The second-order valence-corrected chi connectivity index (χ2v) is 10.2. The van der Waals surface area contributed by atoms with E-state index in [0.29, 0.717) is 16.6 Å². The fourth-order valence-electron chi connectivity index (χ4n) is 4.66. The molecule has 1 spiro atoms. The Morgan fingerprint density at radius 3 is 2.65 bits per heavy atom. The van der Waals surface area contributed by atoms with Gasteiger partial charge in [0, 0.05) is 42.9 Å². The predicted molar refractivity (Wildman–Crippen MR) is 124 cm³/mol. The number of para-hydroxylation sites is 1. The van der Waals surface area contributed by atoms with Crippen molar-refractivity contribution in [3.8, 4) is 5.75 Å². The van der Waals surface area contributed by atoms with Crippen LogP contribution in [0.5, 0.6) is 5.75 Å². The van der Waals surface area contributed by atoms with Gasteiger partial charge in [-0.15, -0.1) is 0 Å². The highest BCUT2D eigenvalue weighted by Crippen LogP contribution is 2.47. The molecule has 3 aliphatic rings. The molecular weight excluding hydrogens is 455 g/mol. The number of fused-ring (bicyclic) bond motifs is 1. The molecule has 2 aromatic carbocycles. The Balaban J connectivity index is 1.19. The smallest absolute Gasteiger partial charge is 0.253 e. The zero-order valence-corrected chi connectivity index (χ0v) is 19.1. The maximum Gasteiger partial charge on any atom is 0.253 e. The Hall–Kier alpha value is -1.48. The van der Waals surface area contributed by atoms with Crippen molar-refractivity contribution >= 4 is 40.9 Å². The number of nitrogens with zero attached hydrogens (tertiary/aromatic N) is 1. The molecule has 164 valence electrons. The number of amides is 1. The lowest BCUT2D eigenvalue weighted by atomic mass is 9.83. The minimum atomic E-state index is -0.382. The molecule has 2 unspecified atom stereocenters. The van der Waals surface area contributed by atoms with Gasteiger partial charge in [-0.2, -0.15) is 0 Å². The monoisotopic (exact) mass is 478 g/mol. The molecule has 0 aromatic heterocycles. The molecule has 3 atom stereocenters. The van der Waals surface area contributed by atoms with Gasteiger partial charge in [0.25, 0.3) is 5.91 Å². The summed E-state index contributed by atoms with van der Waals surface area (Å²) in [5.41, 5.74) is 7.25. The summed E-state index contributed by atoms with van der Waals surface area (Å²) in [5, 5.41) is 7.41. The number of carbonyl (C=O) groups excluding carboxylic acids is 1. The minimum Gasteiger partial charge on any atom is -0.485 e. The van der Waals surface area contributed by atoms with Crippen molar-refractivity contribution in [3.63, 3.8) is 0 Å². The SMILES string of the molecule is N[C@@H]1c2ccccc2OC12CCN(C1NCC(Sc3cccc(Cl)c3Cl)NC1=O)CC2. The van der Waals surface area contributed by atoms with Gasteiger partial charge in [-0.25, -0.2) is 0 Å². The summed E-state index contributed by atoms with van der Waals surface area (Å²) in [7, 11) is 0. The number of hydrogen-bond donors (Lipinski definition) is 3. The van der Waals surface area contributed by atoms with Crippen molar-refractivity contribution < 1.29 is 9.53 Å². The molecule has 2 aromatic rings. The van der Waals surface area contributed by atoms with E-state index in [1.165, 1.54) is 11.8 Å². The number of carbonyl (C=O) groups is 1. The first-order chi connectivity index (χ1) is 15.0. The maximum atomic E-state index is 12.9. The zero-order valence-electron chi connectivity index (χ0n) is 16.8. The second-order valence-electron chi connectivity index (χ2n) is 8.20. The second kappa shape index (κ2) is 8.46. The summed E-state index contributed by atoms with van der Waals surface area (Å²) in [4.78, 5) is 15.9. The molecule has 3 aliphatic heterocycles. The Morgan fingerprint density at radius 2 is 1.90 bits per heavy atom. The molecule has 2 fully saturated rings. The average molecular weight is 479 g/mol. The number of nitrogens with two attached hydrogens (primary N) is 1. The number of rotatable bonds is 3. The third kappa shape index (κ3) is 3.92. The standard InChI is InChI=1S/C22H24Cl2N4O2S/c23-14-5-3-7-16(18(14)24)31-17-12-26-20(21(29)27-17)28-10-8-22(9-11-28)19(25)13-4-1-2-6-15(13)30-22/h1-7,17,19-20,26H,8-12,25H2,(H,27,29)/t17?,19-,20?/m1/s1. The van der Waals surface area contributed by atoms with Gasteiger partial charge in [0.2, 0.25) is 0 Å². The van der Waals surface area contributed by atoms with E-state index in [0.717, 1.165) is 42.1 Å². The van der Waals surface area contributed by atoms with Crippen LogP contribution in [0.2, 0.25) is 10.0 Å². The van der Waals surface area contributed by atoms with Crippen LogP contribution in [0.4, 0.5) is 0 Å². The van der Waals surface area contributed by atoms with Gasteiger partial charge in [-0.3, -0.25) is 15.0 Å². The summed E-state index contributed by atoms with van der Waals surface area (Å²) in [6.45, 7) is 2.11. The topological polar surface area (TPSA) is 79.6 Å². The van der Waals surface area contributed by atoms with E-state index in [9.17, 15) is 4.79 Å². The molecule has 4 N–H and O–H groups in total. The normalized spacial score (nSPS) is 27.6. The van der Waals surface area contributed by atoms with Crippen LogP contribution in [-0.2, 0) is 4.79 Å². The van der Waals surface area contributed by atoms with E-state index in [2.05, 4.69) is 15.5 Å². The number of nitrogens with one attached hydrogen (secondary N) is 2. The van der Waals surface area contributed by atoms with Gasteiger partial charge in [0.1, 0.15) is 17.5 Å². The lowest BCUT2D eigenvalue weighted by Gasteiger charge is -2.44. The Labute approximate surface area is 195 Å². The van der Waals surface area contributed by atoms with Gasteiger partial charge < -0.3 is 15.8 Å². The molecular formula is C22H24Cl2N4O2S. The van der Waals surface area contributed by atoms with Crippen LogP contribution >= 0.6 is 35.0 Å². The first-order valence-electron chi connectivity index (χ1n) is 10.4. The van der Waals surface area contributed by atoms with Gasteiger partial charge in [0.15, 0.2) is 0 Å². The van der Waals surface area contributed by atoms with E-state index >= 15 is 0 Å². The van der Waals surface area contributed by atoms with Crippen molar-refractivity contribution in [3.05, 3.63) is 58.1 Å². The number of piperazine rings is 1. The molecule has 6 nitrogen and oxygen atoms in total. The van der Waals surface area contributed by atoms with E-state index in [-0.39, 0.29) is 29.1 Å². The number of likely N-dealkylation sites (tertiary alicyclic amines) is 1. The molecule has 3 heterocycles. The lowest BCUT2D eigenvalue weighted by molar-refractivity contribution is -0.131. The van der Waals surface area contributed by atoms with Crippen LogP contribution in [-0.4, -0.2) is 47.6 Å². The highest BCUT2D eigenvalue weighted by molar-refractivity contribution is 8.00. The van der Waals surface area contributed by atoms with Crippen molar-refractivity contribution in [1.29, 1.82) is 0 Å². The van der Waals surface area contributed by atoms with Crippen LogP contribution in [0.1, 0.15) is 24.4 Å². The molecule has 1 amide bonds. The first-order valence-corrected chi connectivity index (χ1v) is 12.0. The van der Waals surface area contributed by atoms with E-state index in [1.54, 1.807) is 6.07 Å². The van der Waals surface area contributed by atoms with Gasteiger partial charge >= 0.3 is 0 Å². The van der Waals surface area contributed by atoms with Crippen LogP contribution in [0.15, 0.2) is 47.4 Å². The molecule has 0 saturated carbocycles. The number of ether oxygens (including phenoxy) is 1. The summed E-state index contributed by atoms with van der Waals surface area (Å²) in [6.07, 6.45) is 1.21. The maximum absolute atomic E-state index is 12.9. The van der Waals surface area contributed by atoms with Crippen molar-refractivity contribution in [1.82, 2.24) is 15.5 Å². The minimum absolute atomic E-state index is 0.0298. The van der Waals surface area contributed by atoms with E-state index in [4.69, 9.17) is 33.7 Å². The van der Waals surface area contributed by atoms with Gasteiger partial charge in [-0.05, 0) is 18.2 Å². The van der Waals surface area contributed by atoms with Crippen LogP contribution in [0, 0.1) is 0 Å². The summed E-state index contributed by atoms with van der Waals surface area (Å²) in [5.74, 6) is 0.856.